The summed E-state index contributed by atoms with van der Waals surface area (Å²) in [5.41, 5.74) is 5.39. The van der Waals surface area contributed by atoms with Crippen LogP contribution in [0.25, 0.3) is 0 Å². The van der Waals surface area contributed by atoms with Crippen molar-refractivity contribution in [1.29, 1.82) is 0 Å². The third kappa shape index (κ3) is 3.21. The van der Waals surface area contributed by atoms with Gasteiger partial charge in [-0.15, -0.1) is 0 Å². The molecular formula is C14H28N2O. The summed E-state index contributed by atoms with van der Waals surface area (Å²) in [5, 5.41) is 3.16. The van der Waals surface area contributed by atoms with E-state index in [2.05, 4.69) is 19.2 Å². The van der Waals surface area contributed by atoms with Crippen molar-refractivity contribution < 1.29 is 4.79 Å². The van der Waals surface area contributed by atoms with Crippen LogP contribution in [0.3, 0.4) is 0 Å². The van der Waals surface area contributed by atoms with Gasteiger partial charge in [0.1, 0.15) is 0 Å². The number of rotatable bonds is 3. The lowest BCUT2D eigenvalue weighted by Crippen LogP contribution is -2.56. The Bertz CT molecular complexity index is 300. The summed E-state index contributed by atoms with van der Waals surface area (Å²) in [5.74, 6) is 0.0766. The summed E-state index contributed by atoms with van der Waals surface area (Å²) >= 11 is 0. The maximum absolute atomic E-state index is 12.3. The smallest absolute Gasteiger partial charge is 0.227 e. The van der Waals surface area contributed by atoms with Crippen LogP contribution in [0.5, 0.6) is 0 Å². The zero-order valence-corrected chi connectivity index (χ0v) is 12.2. The first kappa shape index (κ1) is 14.5. The average molecular weight is 240 g/mol. The van der Waals surface area contributed by atoms with E-state index >= 15 is 0 Å². The minimum atomic E-state index is -0.542. The van der Waals surface area contributed by atoms with Gasteiger partial charge in [0.05, 0.1) is 5.41 Å². The fourth-order valence-corrected chi connectivity index (χ4v) is 2.22. The van der Waals surface area contributed by atoms with Gasteiger partial charge in [-0.2, -0.15) is 0 Å². The van der Waals surface area contributed by atoms with Gasteiger partial charge in [0.25, 0.3) is 0 Å². The molecule has 1 amide bonds. The molecule has 0 aliphatic heterocycles. The molecule has 0 bridgehead atoms. The van der Waals surface area contributed by atoms with Gasteiger partial charge in [0, 0.05) is 11.6 Å². The minimum Gasteiger partial charge on any atom is -0.353 e. The van der Waals surface area contributed by atoms with Gasteiger partial charge in [0.15, 0.2) is 0 Å². The summed E-state index contributed by atoms with van der Waals surface area (Å²) in [6, 6.07) is 0.319. The van der Waals surface area contributed by atoms with E-state index in [1.54, 1.807) is 0 Å². The first-order chi connectivity index (χ1) is 7.46. The SMILES string of the molecule is CC1(C)CCC(NC(=O)C(C)(C)C(C)(C)N)C1. The Hall–Kier alpha value is -0.570. The molecule has 0 radical (unpaired) electrons. The van der Waals surface area contributed by atoms with Crippen LogP contribution >= 0.6 is 0 Å². The minimum absolute atomic E-state index is 0.0766. The molecule has 1 rings (SSSR count). The van der Waals surface area contributed by atoms with Crippen LogP contribution in [0.4, 0.5) is 0 Å². The van der Waals surface area contributed by atoms with Crippen LogP contribution in [-0.4, -0.2) is 17.5 Å². The first-order valence-corrected chi connectivity index (χ1v) is 6.56. The molecule has 1 aliphatic rings. The van der Waals surface area contributed by atoms with Crippen LogP contribution in [0, 0.1) is 10.8 Å². The van der Waals surface area contributed by atoms with E-state index in [0.717, 1.165) is 12.8 Å². The molecule has 1 fully saturated rings. The van der Waals surface area contributed by atoms with Gasteiger partial charge >= 0.3 is 0 Å². The number of carbonyl (C=O) groups excluding carboxylic acids is 1. The van der Waals surface area contributed by atoms with E-state index in [9.17, 15) is 4.79 Å². The second kappa shape index (κ2) is 4.27. The maximum Gasteiger partial charge on any atom is 0.227 e. The highest BCUT2D eigenvalue weighted by Crippen LogP contribution is 2.37. The monoisotopic (exact) mass is 240 g/mol. The Morgan fingerprint density at radius 1 is 1.29 bits per heavy atom. The molecule has 0 spiro atoms. The third-order valence-electron chi connectivity index (χ3n) is 4.48. The lowest BCUT2D eigenvalue weighted by atomic mass is 9.74. The molecule has 1 atom stereocenters. The summed E-state index contributed by atoms with van der Waals surface area (Å²) in [6.07, 6.45) is 3.34. The quantitative estimate of drug-likeness (QED) is 0.796. The Balaban J connectivity index is 2.62. The number of hydrogen-bond acceptors (Lipinski definition) is 2. The van der Waals surface area contributed by atoms with E-state index in [-0.39, 0.29) is 5.91 Å². The zero-order chi connectivity index (χ0) is 13.5. The van der Waals surface area contributed by atoms with Gasteiger partial charge < -0.3 is 11.1 Å². The van der Waals surface area contributed by atoms with Gasteiger partial charge in [-0.1, -0.05) is 13.8 Å². The Morgan fingerprint density at radius 3 is 2.18 bits per heavy atom. The van der Waals surface area contributed by atoms with Crippen LogP contribution in [-0.2, 0) is 4.79 Å². The summed E-state index contributed by atoms with van der Waals surface area (Å²) in [6.45, 7) is 12.2. The lowest BCUT2D eigenvalue weighted by molar-refractivity contribution is -0.133. The second-order valence-corrected chi connectivity index (χ2v) is 7.42. The Kier molecular flexibility index (Phi) is 3.64. The van der Waals surface area contributed by atoms with E-state index in [0.29, 0.717) is 11.5 Å². The van der Waals surface area contributed by atoms with Gasteiger partial charge in [0.2, 0.25) is 5.91 Å². The third-order valence-corrected chi connectivity index (χ3v) is 4.48. The van der Waals surface area contributed by atoms with Crippen molar-refractivity contribution >= 4 is 5.91 Å². The molecule has 1 saturated carbocycles. The number of nitrogens with one attached hydrogen (secondary N) is 1. The van der Waals surface area contributed by atoms with Crippen molar-refractivity contribution in [2.75, 3.05) is 0 Å². The summed E-state index contributed by atoms with van der Waals surface area (Å²) in [7, 11) is 0. The molecule has 1 aliphatic carbocycles. The van der Waals surface area contributed by atoms with Crippen molar-refractivity contribution in [3.05, 3.63) is 0 Å². The molecule has 100 valence electrons. The predicted octanol–water partition coefficient (Wildman–Crippen LogP) is 2.44. The fraction of sp³-hybridized carbons (Fsp3) is 0.929. The normalized spacial score (nSPS) is 24.8. The van der Waals surface area contributed by atoms with Gasteiger partial charge in [-0.25, -0.2) is 0 Å². The maximum atomic E-state index is 12.3. The second-order valence-electron chi connectivity index (χ2n) is 7.42. The zero-order valence-electron chi connectivity index (χ0n) is 12.2. The van der Waals surface area contributed by atoms with E-state index in [1.165, 1.54) is 6.42 Å². The highest BCUT2D eigenvalue weighted by molar-refractivity contribution is 5.83. The van der Waals surface area contributed by atoms with Crippen LogP contribution < -0.4 is 11.1 Å². The van der Waals surface area contributed by atoms with Crippen molar-refractivity contribution in [3.8, 4) is 0 Å². The molecule has 0 heterocycles. The molecular weight excluding hydrogens is 212 g/mol. The van der Waals surface area contributed by atoms with E-state index in [4.69, 9.17) is 5.73 Å². The topological polar surface area (TPSA) is 55.1 Å². The molecule has 0 aromatic rings. The Labute approximate surface area is 106 Å². The number of nitrogens with two attached hydrogens (primary N) is 1. The largest absolute Gasteiger partial charge is 0.353 e. The van der Waals surface area contributed by atoms with Gasteiger partial charge in [-0.05, 0) is 52.4 Å². The van der Waals surface area contributed by atoms with Crippen molar-refractivity contribution in [2.45, 2.75) is 72.4 Å². The first-order valence-electron chi connectivity index (χ1n) is 6.56. The summed E-state index contributed by atoms with van der Waals surface area (Å²) < 4.78 is 0. The van der Waals surface area contributed by atoms with Crippen LogP contribution in [0.1, 0.15) is 60.8 Å². The Morgan fingerprint density at radius 2 is 1.82 bits per heavy atom. The molecule has 0 saturated heterocycles. The lowest BCUT2D eigenvalue weighted by Gasteiger charge is -2.37. The average Bonchev–Trinajstić information content (AvgIpc) is 2.43. The van der Waals surface area contributed by atoms with E-state index in [1.807, 2.05) is 27.7 Å². The fourth-order valence-electron chi connectivity index (χ4n) is 2.22. The molecule has 17 heavy (non-hydrogen) atoms. The molecule has 1 unspecified atom stereocenters. The molecule has 0 aromatic heterocycles. The molecule has 0 aromatic carbocycles. The van der Waals surface area contributed by atoms with E-state index < -0.39 is 11.0 Å². The van der Waals surface area contributed by atoms with Crippen molar-refractivity contribution in [1.82, 2.24) is 5.32 Å². The molecule has 3 heteroatoms. The molecule has 3 nitrogen and oxygen atoms in total. The standard InChI is InChI=1S/C14H28N2O/c1-12(2)8-7-10(9-12)16-11(17)13(3,4)14(5,6)15/h10H,7-9,15H2,1-6H3,(H,16,17). The number of carbonyl (C=O) groups is 1. The summed E-state index contributed by atoms with van der Waals surface area (Å²) in [4.78, 5) is 12.3. The number of hydrogen-bond donors (Lipinski definition) is 2. The van der Waals surface area contributed by atoms with Gasteiger partial charge in [-0.3, -0.25) is 4.79 Å². The van der Waals surface area contributed by atoms with Crippen LogP contribution in [0.15, 0.2) is 0 Å². The van der Waals surface area contributed by atoms with Crippen LogP contribution in [0.2, 0.25) is 0 Å². The highest BCUT2D eigenvalue weighted by atomic mass is 16.2. The predicted molar refractivity (Wildman–Crippen MR) is 71.6 cm³/mol. The van der Waals surface area contributed by atoms with Crippen molar-refractivity contribution in [2.24, 2.45) is 16.6 Å². The van der Waals surface area contributed by atoms with Crippen molar-refractivity contribution in [3.63, 3.8) is 0 Å². The highest BCUT2D eigenvalue weighted by Gasteiger charge is 2.42. The number of amides is 1. The molecule has 3 N–H and O–H groups in total.